The number of amides is 1. The van der Waals surface area contributed by atoms with Gasteiger partial charge in [0.1, 0.15) is 11.8 Å². The Morgan fingerprint density at radius 1 is 1.63 bits per heavy atom. The number of rotatable bonds is 3. The fourth-order valence-corrected chi connectivity index (χ4v) is 3.21. The van der Waals surface area contributed by atoms with Crippen LogP contribution in [0, 0.1) is 0 Å². The lowest BCUT2D eigenvalue weighted by Crippen LogP contribution is -2.38. The minimum Gasteiger partial charge on any atom is -0.447 e. The first kappa shape index (κ1) is 12.3. The molecule has 7 heteroatoms. The molecule has 3 rings (SSSR count). The SMILES string of the molecule is CNC1C(=O)N(Cc2cnco2)CCc2ncsc21. The molecule has 1 aliphatic rings. The number of carbonyl (C=O) groups is 1. The van der Waals surface area contributed by atoms with Gasteiger partial charge in [0.05, 0.1) is 28.8 Å². The third-order valence-electron chi connectivity index (χ3n) is 3.23. The summed E-state index contributed by atoms with van der Waals surface area (Å²) < 4.78 is 5.21. The molecular weight excluding hydrogens is 264 g/mol. The van der Waals surface area contributed by atoms with E-state index in [-0.39, 0.29) is 11.9 Å². The Balaban J connectivity index is 1.85. The van der Waals surface area contributed by atoms with Gasteiger partial charge in [-0.2, -0.15) is 0 Å². The predicted molar refractivity (Wildman–Crippen MR) is 69.5 cm³/mol. The summed E-state index contributed by atoms with van der Waals surface area (Å²) in [7, 11) is 1.80. The zero-order valence-corrected chi connectivity index (χ0v) is 11.3. The average Bonchev–Trinajstić information content (AvgIpc) is 3.04. The van der Waals surface area contributed by atoms with Gasteiger partial charge in [-0.3, -0.25) is 4.79 Å². The first-order valence-corrected chi connectivity index (χ1v) is 6.93. The van der Waals surface area contributed by atoms with Crippen molar-refractivity contribution in [3.8, 4) is 0 Å². The molecule has 1 aliphatic heterocycles. The summed E-state index contributed by atoms with van der Waals surface area (Å²) >= 11 is 1.53. The van der Waals surface area contributed by atoms with Crippen LogP contribution in [0.1, 0.15) is 22.4 Å². The third-order valence-corrected chi connectivity index (χ3v) is 4.17. The van der Waals surface area contributed by atoms with Crippen LogP contribution >= 0.6 is 11.3 Å². The summed E-state index contributed by atoms with van der Waals surface area (Å²) in [6.07, 6.45) is 3.79. The lowest BCUT2D eigenvalue weighted by atomic mass is 10.2. The van der Waals surface area contributed by atoms with Crippen LogP contribution in [0.15, 0.2) is 22.5 Å². The van der Waals surface area contributed by atoms with E-state index in [1.807, 2.05) is 0 Å². The van der Waals surface area contributed by atoms with Crippen molar-refractivity contribution in [3.63, 3.8) is 0 Å². The summed E-state index contributed by atoms with van der Waals surface area (Å²) in [4.78, 5) is 23.6. The van der Waals surface area contributed by atoms with E-state index in [1.54, 1.807) is 23.7 Å². The number of carbonyl (C=O) groups excluding carboxylic acids is 1. The minimum atomic E-state index is -0.312. The van der Waals surface area contributed by atoms with Gasteiger partial charge in [-0.05, 0) is 7.05 Å². The second kappa shape index (κ2) is 5.10. The monoisotopic (exact) mass is 278 g/mol. The van der Waals surface area contributed by atoms with E-state index in [2.05, 4.69) is 15.3 Å². The van der Waals surface area contributed by atoms with E-state index in [9.17, 15) is 4.79 Å². The van der Waals surface area contributed by atoms with Crippen molar-refractivity contribution >= 4 is 17.2 Å². The van der Waals surface area contributed by atoms with Crippen molar-refractivity contribution in [1.82, 2.24) is 20.2 Å². The molecule has 2 aromatic rings. The van der Waals surface area contributed by atoms with Crippen LogP contribution in [0.2, 0.25) is 0 Å². The molecule has 6 nitrogen and oxygen atoms in total. The minimum absolute atomic E-state index is 0.0573. The smallest absolute Gasteiger partial charge is 0.245 e. The van der Waals surface area contributed by atoms with Gasteiger partial charge in [0.25, 0.3) is 0 Å². The maximum atomic E-state index is 12.5. The number of aromatic nitrogens is 2. The highest BCUT2D eigenvalue weighted by Gasteiger charge is 2.31. The molecule has 0 spiro atoms. The Kier molecular flexibility index (Phi) is 3.31. The molecule has 0 fully saturated rings. The maximum absolute atomic E-state index is 12.5. The number of hydrogen-bond donors (Lipinski definition) is 1. The molecule has 0 saturated carbocycles. The Morgan fingerprint density at radius 2 is 2.53 bits per heavy atom. The van der Waals surface area contributed by atoms with Crippen molar-refractivity contribution in [3.05, 3.63) is 34.4 Å². The van der Waals surface area contributed by atoms with E-state index in [1.165, 1.54) is 17.7 Å². The zero-order chi connectivity index (χ0) is 13.2. The van der Waals surface area contributed by atoms with E-state index in [4.69, 9.17) is 4.42 Å². The van der Waals surface area contributed by atoms with Crippen molar-refractivity contribution in [2.75, 3.05) is 13.6 Å². The Bertz CT molecular complexity index is 566. The van der Waals surface area contributed by atoms with E-state index in [0.717, 1.165) is 17.0 Å². The number of thiazole rings is 1. The van der Waals surface area contributed by atoms with Crippen LogP contribution in [0.3, 0.4) is 0 Å². The summed E-state index contributed by atoms with van der Waals surface area (Å²) in [5, 5.41) is 3.08. The molecule has 1 N–H and O–H groups in total. The normalized spacial score (nSPS) is 19.3. The number of fused-ring (bicyclic) bond motifs is 1. The van der Waals surface area contributed by atoms with Crippen molar-refractivity contribution in [1.29, 1.82) is 0 Å². The van der Waals surface area contributed by atoms with Crippen LogP contribution in [-0.4, -0.2) is 34.4 Å². The molecule has 1 atom stereocenters. The van der Waals surface area contributed by atoms with Gasteiger partial charge in [0.15, 0.2) is 6.39 Å². The molecule has 0 radical (unpaired) electrons. The van der Waals surface area contributed by atoms with Crippen LogP contribution in [-0.2, 0) is 17.8 Å². The van der Waals surface area contributed by atoms with Crippen molar-refractivity contribution in [2.45, 2.75) is 19.0 Å². The average molecular weight is 278 g/mol. The summed E-state index contributed by atoms with van der Waals surface area (Å²) in [6, 6.07) is -0.312. The first-order valence-electron chi connectivity index (χ1n) is 6.05. The molecule has 0 aromatic carbocycles. The zero-order valence-electron chi connectivity index (χ0n) is 10.5. The fraction of sp³-hybridized carbons (Fsp3) is 0.417. The number of oxazole rings is 1. The summed E-state index contributed by atoms with van der Waals surface area (Å²) in [5.41, 5.74) is 2.81. The summed E-state index contributed by atoms with van der Waals surface area (Å²) in [6.45, 7) is 1.10. The lowest BCUT2D eigenvalue weighted by Gasteiger charge is -2.22. The molecule has 1 unspecified atom stereocenters. The number of nitrogens with zero attached hydrogens (tertiary/aromatic N) is 3. The number of hydrogen-bond acceptors (Lipinski definition) is 6. The van der Waals surface area contributed by atoms with Gasteiger partial charge in [-0.1, -0.05) is 0 Å². The van der Waals surface area contributed by atoms with Gasteiger partial charge in [0, 0.05) is 13.0 Å². The first-order chi connectivity index (χ1) is 9.29. The molecule has 19 heavy (non-hydrogen) atoms. The topological polar surface area (TPSA) is 71.3 Å². The van der Waals surface area contributed by atoms with Gasteiger partial charge >= 0.3 is 0 Å². The van der Waals surface area contributed by atoms with Gasteiger partial charge in [-0.25, -0.2) is 9.97 Å². The largest absolute Gasteiger partial charge is 0.447 e. The molecule has 0 bridgehead atoms. The molecule has 1 amide bonds. The Labute approximate surface area is 114 Å². The van der Waals surface area contributed by atoms with Crippen molar-refractivity contribution in [2.24, 2.45) is 0 Å². The fourth-order valence-electron chi connectivity index (χ4n) is 2.27. The highest BCUT2D eigenvalue weighted by Crippen LogP contribution is 2.28. The second-order valence-electron chi connectivity index (χ2n) is 4.36. The number of likely N-dealkylation sites (N-methyl/N-ethyl adjacent to an activating group) is 1. The number of nitrogens with one attached hydrogen (secondary N) is 1. The van der Waals surface area contributed by atoms with Crippen LogP contribution in [0.5, 0.6) is 0 Å². The van der Waals surface area contributed by atoms with Crippen LogP contribution in [0.4, 0.5) is 0 Å². The lowest BCUT2D eigenvalue weighted by molar-refractivity contribution is -0.134. The molecule has 2 aromatic heterocycles. The highest BCUT2D eigenvalue weighted by atomic mass is 32.1. The molecular formula is C12H14N4O2S. The van der Waals surface area contributed by atoms with Gasteiger partial charge in [0.2, 0.25) is 5.91 Å². The Hall–Kier alpha value is -1.73. The molecule has 0 aliphatic carbocycles. The quantitative estimate of drug-likeness (QED) is 0.906. The second-order valence-corrected chi connectivity index (χ2v) is 5.25. The van der Waals surface area contributed by atoms with Crippen molar-refractivity contribution < 1.29 is 9.21 Å². The molecule has 100 valence electrons. The van der Waals surface area contributed by atoms with Gasteiger partial charge in [-0.15, -0.1) is 11.3 Å². The van der Waals surface area contributed by atoms with Gasteiger partial charge < -0.3 is 14.6 Å². The van der Waals surface area contributed by atoms with Crippen LogP contribution < -0.4 is 5.32 Å². The van der Waals surface area contributed by atoms with E-state index >= 15 is 0 Å². The van der Waals surface area contributed by atoms with Crippen LogP contribution in [0.25, 0.3) is 0 Å². The third kappa shape index (κ3) is 2.26. The predicted octanol–water partition coefficient (Wildman–Crippen LogP) is 0.976. The van der Waals surface area contributed by atoms with E-state index < -0.39 is 0 Å². The Morgan fingerprint density at radius 3 is 3.26 bits per heavy atom. The maximum Gasteiger partial charge on any atom is 0.245 e. The molecule has 0 saturated heterocycles. The highest BCUT2D eigenvalue weighted by molar-refractivity contribution is 7.10. The van der Waals surface area contributed by atoms with E-state index in [0.29, 0.717) is 18.8 Å². The summed E-state index contributed by atoms with van der Waals surface area (Å²) in [5.74, 6) is 0.753. The molecule has 3 heterocycles. The standard InChI is InChI=1S/C12H14N4O2S/c1-13-10-11-9(15-7-19-11)2-3-16(12(10)17)5-8-4-14-6-18-8/h4,6-7,10,13H,2-3,5H2,1H3.